The lowest BCUT2D eigenvalue weighted by molar-refractivity contribution is 0.125. The summed E-state index contributed by atoms with van der Waals surface area (Å²) in [5, 5.41) is 0. The lowest BCUT2D eigenvalue weighted by Gasteiger charge is -2.05. The number of ether oxygens (including phenoxy) is 1. The summed E-state index contributed by atoms with van der Waals surface area (Å²) < 4.78 is 5.72. The van der Waals surface area contributed by atoms with E-state index in [0.29, 0.717) is 0 Å². The number of allylic oxidation sites excluding steroid dienone is 1. The van der Waals surface area contributed by atoms with E-state index in [4.69, 9.17) is 4.74 Å². The molecule has 1 nitrogen and oxygen atoms in total. The molecule has 0 bridgehead atoms. The molecule has 0 radical (unpaired) electrons. The van der Waals surface area contributed by atoms with Gasteiger partial charge in [-0.05, 0) is 19.8 Å². The van der Waals surface area contributed by atoms with Crippen molar-refractivity contribution in [1.29, 1.82) is 0 Å². The van der Waals surface area contributed by atoms with Gasteiger partial charge in [0.05, 0.1) is 0 Å². The number of rotatable bonds is 18. The Balaban J connectivity index is 0. The summed E-state index contributed by atoms with van der Waals surface area (Å²) in [5.74, 6) is 0. The van der Waals surface area contributed by atoms with Crippen LogP contribution < -0.4 is 0 Å². The van der Waals surface area contributed by atoms with Crippen molar-refractivity contribution in [3.63, 3.8) is 0 Å². The van der Waals surface area contributed by atoms with Crippen LogP contribution in [0.1, 0.15) is 124 Å². The molecular formula is C23H48O. The van der Waals surface area contributed by atoms with E-state index >= 15 is 0 Å². The zero-order valence-corrected chi connectivity index (χ0v) is 17.4. The first-order valence-corrected chi connectivity index (χ1v) is 11.0. The molecule has 1 heteroatoms. The maximum Gasteiger partial charge on any atom is 0.0466 e. The molecule has 0 unspecified atom stereocenters. The van der Waals surface area contributed by atoms with Crippen LogP contribution >= 0.6 is 0 Å². The third-order valence-electron chi connectivity index (χ3n) is 4.28. The van der Waals surface area contributed by atoms with E-state index in [2.05, 4.69) is 20.4 Å². The zero-order valence-electron chi connectivity index (χ0n) is 17.4. The Morgan fingerprint density at radius 2 is 0.792 bits per heavy atom. The molecule has 0 saturated carbocycles. The lowest BCUT2D eigenvalue weighted by atomic mass is 10.1. The Kier molecular flexibility index (Phi) is 29.8. The Bertz CT molecular complexity index is 182. The van der Waals surface area contributed by atoms with Crippen LogP contribution in [-0.2, 0) is 4.74 Å². The normalized spacial score (nSPS) is 10.3. The molecule has 0 aromatic rings. The second-order valence-electron chi connectivity index (χ2n) is 6.97. The molecule has 0 aromatic heterocycles. The summed E-state index contributed by atoms with van der Waals surface area (Å²) in [6.45, 7) is 11.8. The van der Waals surface area contributed by atoms with E-state index in [1.54, 1.807) is 6.08 Å². The Morgan fingerprint density at radius 1 is 0.542 bits per heavy atom. The first kappa shape index (κ1) is 25.9. The van der Waals surface area contributed by atoms with Crippen molar-refractivity contribution in [2.24, 2.45) is 0 Å². The molecule has 146 valence electrons. The molecule has 0 aliphatic carbocycles. The van der Waals surface area contributed by atoms with Crippen molar-refractivity contribution < 1.29 is 4.74 Å². The summed E-state index contributed by atoms with van der Waals surface area (Å²) in [7, 11) is 0. The highest BCUT2D eigenvalue weighted by molar-refractivity contribution is 4.51. The van der Waals surface area contributed by atoms with Crippen molar-refractivity contribution in [3.05, 3.63) is 12.7 Å². The minimum atomic E-state index is 0.992. The summed E-state index contributed by atoms with van der Waals surface area (Å²) in [6, 6.07) is 0. The van der Waals surface area contributed by atoms with E-state index in [1.165, 1.54) is 103 Å². The molecule has 0 aliphatic heterocycles. The van der Waals surface area contributed by atoms with Crippen molar-refractivity contribution >= 4 is 0 Å². The highest BCUT2D eigenvalue weighted by Gasteiger charge is 1.94. The smallest absolute Gasteiger partial charge is 0.0466 e. The molecule has 0 amide bonds. The number of unbranched alkanes of at least 4 members (excludes halogenated alkanes) is 14. The van der Waals surface area contributed by atoms with Gasteiger partial charge in [-0.25, -0.2) is 0 Å². The van der Waals surface area contributed by atoms with Crippen LogP contribution in [0.3, 0.4) is 0 Å². The molecule has 0 fully saturated rings. The molecule has 0 saturated heterocycles. The highest BCUT2D eigenvalue weighted by Crippen LogP contribution is 2.10. The Labute approximate surface area is 154 Å². The molecule has 0 atom stereocenters. The SMILES string of the molecule is C=CC.CCCCCCCCCCOCCCCCCCCCC. The van der Waals surface area contributed by atoms with Gasteiger partial charge in [-0.3, -0.25) is 0 Å². The highest BCUT2D eigenvalue weighted by atomic mass is 16.5. The van der Waals surface area contributed by atoms with Crippen LogP contribution in [0.2, 0.25) is 0 Å². The van der Waals surface area contributed by atoms with Crippen molar-refractivity contribution in [2.45, 2.75) is 124 Å². The fourth-order valence-corrected chi connectivity index (χ4v) is 2.78. The van der Waals surface area contributed by atoms with E-state index in [1.807, 2.05) is 6.92 Å². The fourth-order valence-electron chi connectivity index (χ4n) is 2.78. The van der Waals surface area contributed by atoms with Gasteiger partial charge in [0.25, 0.3) is 0 Å². The molecule has 0 aromatic carbocycles. The van der Waals surface area contributed by atoms with Crippen molar-refractivity contribution in [3.8, 4) is 0 Å². The van der Waals surface area contributed by atoms with E-state index < -0.39 is 0 Å². The van der Waals surface area contributed by atoms with Gasteiger partial charge < -0.3 is 4.74 Å². The first-order chi connectivity index (χ1) is 11.8. The Hall–Kier alpha value is -0.300. The van der Waals surface area contributed by atoms with Crippen LogP contribution in [0.5, 0.6) is 0 Å². The molecule has 0 spiro atoms. The third kappa shape index (κ3) is 29.7. The van der Waals surface area contributed by atoms with Gasteiger partial charge in [0.15, 0.2) is 0 Å². The van der Waals surface area contributed by atoms with Crippen molar-refractivity contribution in [1.82, 2.24) is 0 Å². The molecule has 24 heavy (non-hydrogen) atoms. The predicted octanol–water partition coefficient (Wildman–Crippen LogP) is 8.48. The van der Waals surface area contributed by atoms with Crippen LogP contribution in [-0.4, -0.2) is 13.2 Å². The van der Waals surface area contributed by atoms with Gasteiger partial charge in [0, 0.05) is 13.2 Å². The van der Waals surface area contributed by atoms with Gasteiger partial charge in [0.2, 0.25) is 0 Å². The monoisotopic (exact) mass is 340 g/mol. The van der Waals surface area contributed by atoms with Gasteiger partial charge in [-0.1, -0.05) is 110 Å². The zero-order chi connectivity index (χ0) is 18.1. The van der Waals surface area contributed by atoms with Crippen LogP contribution in [0, 0.1) is 0 Å². The predicted molar refractivity (Wildman–Crippen MR) is 112 cm³/mol. The quantitative estimate of drug-likeness (QED) is 0.179. The van der Waals surface area contributed by atoms with Crippen LogP contribution in [0.15, 0.2) is 12.7 Å². The van der Waals surface area contributed by atoms with Gasteiger partial charge in [-0.2, -0.15) is 0 Å². The minimum Gasteiger partial charge on any atom is -0.381 e. The largest absolute Gasteiger partial charge is 0.381 e. The molecule has 0 heterocycles. The maximum absolute atomic E-state index is 5.72. The summed E-state index contributed by atoms with van der Waals surface area (Å²) >= 11 is 0. The maximum atomic E-state index is 5.72. The Morgan fingerprint density at radius 3 is 1.08 bits per heavy atom. The van der Waals surface area contributed by atoms with E-state index in [0.717, 1.165) is 13.2 Å². The van der Waals surface area contributed by atoms with Gasteiger partial charge >= 0.3 is 0 Å². The van der Waals surface area contributed by atoms with Crippen LogP contribution in [0.25, 0.3) is 0 Å². The molecular weight excluding hydrogens is 292 g/mol. The topological polar surface area (TPSA) is 9.23 Å². The van der Waals surface area contributed by atoms with E-state index in [-0.39, 0.29) is 0 Å². The summed E-state index contributed by atoms with van der Waals surface area (Å²) in [5.41, 5.74) is 0. The molecule has 0 aliphatic rings. The minimum absolute atomic E-state index is 0.992. The summed E-state index contributed by atoms with van der Waals surface area (Å²) in [4.78, 5) is 0. The van der Waals surface area contributed by atoms with Gasteiger partial charge in [-0.15, -0.1) is 6.58 Å². The fraction of sp³-hybridized carbons (Fsp3) is 0.913. The second-order valence-corrected chi connectivity index (χ2v) is 6.97. The standard InChI is InChI=1S/C20H42O.C3H6/c1-3-5-7-9-11-13-15-17-19-21-20-18-16-14-12-10-8-6-4-2;1-3-2/h3-20H2,1-2H3;3H,1H2,2H3. The van der Waals surface area contributed by atoms with Crippen molar-refractivity contribution in [2.75, 3.05) is 13.2 Å². The summed E-state index contributed by atoms with van der Waals surface area (Å²) in [6.07, 6.45) is 24.0. The lowest BCUT2D eigenvalue weighted by Crippen LogP contribution is -1.97. The number of hydrogen-bond donors (Lipinski definition) is 0. The average Bonchev–Trinajstić information content (AvgIpc) is 2.58. The molecule has 0 rings (SSSR count). The van der Waals surface area contributed by atoms with Crippen LogP contribution in [0.4, 0.5) is 0 Å². The first-order valence-electron chi connectivity index (χ1n) is 11.0. The van der Waals surface area contributed by atoms with Gasteiger partial charge in [0.1, 0.15) is 0 Å². The average molecular weight is 341 g/mol. The molecule has 0 N–H and O–H groups in total. The second kappa shape index (κ2) is 27.5. The number of hydrogen-bond acceptors (Lipinski definition) is 1. The van der Waals surface area contributed by atoms with E-state index in [9.17, 15) is 0 Å². The third-order valence-corrected chi connectivity index (χ3v) is 4.28.